The van der Waals surface area contributed by atoms with E-state index in [0.717, 1.165) is 44.4 Å². The Morgan fingerprint density at radius 1 is 1.16 bits per heavy atom. The second-order valence-electron chi connectivity index (χ2n) is 6.46. The number of aliphatic imine (C=N–C) groups is 1. The van der Waals surface area contributed by atoms with Gasteiger partial charge in [0.25, 0.3) is 0 Å². The molecule has 0 radical (unpaired) electrons. The van der Waals surface area contributed by atoms with E-state index in [0.29, 0.717) is 12.0 Å². The Morgan fingerprint density at radius 3 is 2.48 bits per heavy atom. The third-order valence-corrected chi connectivity index (χ3v) is 4.48. The van der Waals surface area contributed by atoms with Gasteiger partial charge in [-0.2, -0.15) is 0 Å². The Labute approximate surface area is 169 Å². The number of aryl methyl sites for hydroxylation is 1. The summed E-state index contributed by atoms with van der Waals surface area (Å²) in [5.74, 6) is 1.74. The lowest BCUT2D eigenvalue weighted by atomic mass is 10.0. The zero-order valence-electron chi connectivity index (χ0n) is 15.6. The molecule has 1 aliphatic rings. The summed E-state index contributed by atoms with van der Waals surface area (Å²) in [6.45, 7) is 8.06. The van der Waals surface area contributed by atoms with Crippen molar-refractivity contribution in [3.8, 4) is 5.75 Å². The van der Waals surface area contributed by atoms with E-state index in [-0.39, 0.29) is 24.0 Å². The lowest BCUT2D eigenvalue weighted by molar-refractivity contribution is 0.128. The predicted molar refractivity (Wildman–Crippen MR) is 114 cm³/mol. The monoisotopic (exact) mass is 461 g/mol. The van der Waals surface area contributed by atoms with Crippen molar-refractivity contribution in [3.05, 3.63) is 29.8 Å². The molecule has 2 rings (SSSR count). The van der Waals surface area contributed by atoms with E-state index in [9.17, 15) is 0 Å². The van der Waals surface area contributed by atoms with Crippen LogP contribution in [0.25, 0.3) is 0 Å². The quantitative estimate of drug-likeness (QED) is 0.243. The fourth-order valence-electron chi connectivity index (χ4n) is 2.59. The van der Waals surface area contributed by atoms with Crippen LogP contribution in [0.1, 0.15) is 31.7 Å². The molecule has 142 valence electrons. The van der Waals surface area contributed by atoms with Crippen LogP contribution in [0.3, 0.4) is 0 Å². The Bertz CT molecular complexity index is 516. The molecule has 0 spiro atoms. The summed E-state index contributed by atoms with van der Waals surface area (Å²) in [5, 5.41) is 6.73. The molecule has 0 saturated heterocycles. The first kappa shape index (κ1) is 22.0. The van der Waals surface area contributed by atoms with Crippen molar-refractivity contribution in [2.45, 2.75) is 33.1 Å². The number of nitrogens with zero attached hydrogens (tertiary/aromatic N) is 1. The number of benzene rings is 1. The molecule has 1 saturated carbocycles. The van der Waals surface area contributed by atoms with Crippen LogP contribution in [0.2, 0.25) is 0 Å². The van der Waals surface area contributed by atoms with Crippen LogP contribution in [0.5, 0.6) is 5.75 Å². The van der Waals surface area contributed by atoms with Gasteiger partial charge < -0.3 is 20.1 Å². The molecule has 0 amide bonds. The molecule has 1 aromatic carbocycles. The molecule has 6 heteroatoms. The highest BCUT2D eigenvalue weighted by atomic mass is 127. The van der Waals surface area contributed by atoms with Crippen molar-refractivity contribution in [1.82, 2.24) is 10.6 Å². The van der Waals surface area contributed by atoms with Gasteiger partial charge in [0.15, 0.2) is 5.96 Å². The number of guanidine groups is 1. The third-order valence-electron chi connectivity index (χ3n) is 4.48. The van der Waals surface area contributed by atoms with Gasteiger partial charge in [0.2, 0.25) is 0 Å². The van der Waals surface area contributed by atoms with Gasteiger partial charge in [0, 0.05) is 26.8 Å². The first-order valence-electron chi connectivity index (χ1n) is 8.89. The summed E-state index contributed by atoms with van der Waals surface area (Å²) in [6.07, 6.45) is 3.68. The van der Waals surface area contributed by atoms with Crippen molar-refractivity contribution in [2.24, 2.45) is 10.4 Å². The normalized spacial score (nSPS) is 15.2. The Kier molecular flexibility index (Phi) is 10.2. The van der Waals surface area contributed by atoms with Crippen LogP contribution >= 0.6 is 24.0 Å². The van der Waals surface area contributed by atoms with Gasteiger partial charge in [-0.3, -0.25) is 4.99 Å². The van der Waals surface area contributed by atoms with Crippen molar-refractivity contribution in [1.29, 1.82) is 0 Å². The molecule has 0 heterocycles. The largest absolute Gasteiger partial charge is 0.492 e. The predicted octanol–water partition coefficient (Wildman–Crippen LogP) is 3.36. The number of hydrogen-bond donors (Lipinski definition) is 2. The molecule has 2 N–H and O–H groups in total. The Morgan fingerprint density at radius 2 is 1.88 bits per heavy atom. The van der Waals surface area contributed by atoms with Gasteiger partial charge >= 0.3 is 0 Å². The maximum Gasteiger partial charge on any atom is 0.191 e. The number of nitrogens with one attached hydrogen (secondary N) is 2. The van der Waals surface area contributed by atoms with E-state index < -0.39 is 0 Å². The van der Waals surface area contributed by atoms with Gasteiger partial charge in [0.1, 0.15) is 12.4 Å². The van der Waals surface area contributed by atoms with Gasteiger partial charge in [0.05, 0.1) is 6.54 Å². The minimum absolute atomic E-state index is 0. The smallest absolute Gasteiger partial charge is 0.191 e. The SMILES string of the molecule is CCOCCC1(CNC(=NC)NCCOc2ccc(C)cc2)CC1.I. The molecule has 0 bridgehead atoms. The summed E-state index contributed by atoms with van der Waals surface area (Å²) in [7, 11) is 1.80. The van der Waals surface area contributed by atoms with E-state index in [2.05, 4.69) is 34.7 Å². The minimum Gasteiger partial charge on any atom is -0.492 e. The minimum atomic E-state index is 0. The van der Waals surface area contributed by atoms with Crippen LogP contribution < -0.4 is 15.4 Å². The first-order valence-corrected chi connectivity index (χ1v) is 8.89. The average molecular weight is 461 g/mol. The molecule has 0 aliphatic heterocycles. The number of ether oxygens (including phenoxy) is 2. The van der Waals surface area contributed by atoms with Crippen molar-refractivity contribution in [2.75, 3.05) is 40.0 Å². The fourth-order valence-corrected chi connectivity index (χ4v) is 2.59. The zero-order valence-corrected chi connectivity index (χ0v) is 18.0. The van der Waals surface area contributed by atoms with Crippen LogP contribution in [-0.4, -0.2) is 45.9 Å². The summed E-state index contributed by atoms with van der Waals surface area (Å²) in [5.41, 5.74) is 1.65. The van der Waals surface area contributed by atoms with Gasteiger partial charge in [-0.1, -0.05) is 17.7 Å². The fraction of sp³-hybridized carbons (Fsp3) is 0.632. The molecule has 1 aromatic rings. The summed E-state index contributed by atoms with van der Waals surface area (Å²) in [4.78, 5) is 4.28. The maximum absolute atomic E-state index is 5.72. The topological polar surface area (TPSA) is 54.9 Å². The second kappa shape index (κ2) is 11.6. The molecular weight excluding hydrogens is 429 g/mol. The highest BCUT2D eigenvalue weighted by Crippen LogP contribution is 2.48. The molecule has 25 heavy (non-hydrogen) atoms. The van der Waals surface area contributed by atoms with Gasteiger partial charge in [-0.25, -0.2) is 0 Å². The van der Waals surface area contributed by atoms with Crippen molar-refractivity contribution in [3.63, 3.8) is 0 Å². The van der Waals surface area contributed by atoms with Crippen LogP contribution in [0, 0.1) is 12.3 Å². The Balaban J connectivity index is 0.00000312. The first-order chi connectivity index (χ1) is 11.7. The number of halogens is 1. The Hall–Kier alpha value is -1.02. The highest BCUT2D eigenvalue weighted by molar-refractivity contribution is 14.0. The molecule has 1 aliphatic carbocycles. The molecule has 0 unspecified atom stereocenters. The van der Waals surface area contributed by atoms with E-state index >= 15 is 0 Å². The van der Waals surface area contributed by atoms with Crippen LogP contribution in [-0.2, 0) is 4.74 Å². The second-order valence-corrected chi connectivity index (χ2v) is 6.46. The average Bonchev–Trinajstić information content (AvgIpc) is 3.36. The molecule has 5 nitrogen and oxygen atoms in total. The summed E-state index contributed by atoms with van der Waals surface area (Å²) in [6, 6.07) is 8.11. The molecule has 0 aromatic heterocycles. The van der Waals surface area contributed by atoms with E-state index in [1.165, 1.54) is 18.4 Å². The standard InChI is InChI=1S/C19H31N3O2.HI/c1-4-23-13-11-19(9-10-19)15-22-18(20-3)21-12-14-24-17-7-5-16(2)6-8-17;/h5-8H,4,9-15H2,1-3H3,(H2,20,21,22);1H. The third kappa shape index (κ3) is 8.27. The maximum atomic E-state index is 5.72. The van der Waals surface area contributed by atoms with Gasteiger partial charge in [-0.05, 0) is 50.7 Å². The van der Waals surface area contributed by atoms with E-state index in [4.69, 9.17) is 9.47 Å². The summed E-state index contributed by atoms with van der Waals surface area (Å²) < 4.78 is 11.2. The number of rotatable bonds is 10. The molecule has 1 fully saturated rings. The lowest BCUT2D eigenvalue weighted by Gasteiger charge is -2.18. The van der Waals surface area contributed by atoms with Crippen molar-refractivity contribution >= 4 is 29.9 Å². The zero-order chi connectivity index (χ0) is 17.3. The summed E-state index contributed by atoms with van der Waals surface area (Å²) >= 11 is 0. The van der Waals surface area contributed by atoms with E-state index in [1.54, 1.807) is 7.05 Å². The highest BCUT2D eigenvalue weighted by Gasteiger charge is 2.41. The number of hydrogen-bond acceptors (Lipinski definition) is 3. The molecule has 0 atom stereocenters. The van der Waals surface area contributed by atoms with E-state index in [1.807, 2.05) is 19.1 Å². The molecular formula is C19H32IN3O2. The lowest BCUT2D eigenvalue weighted by Crippen LogP contribution is -2.42. The van der Waals surface area contributed by atoms with Gasteiger partial charge in [-0.15, -0.1) is 24.0 Å². The van der Waals surface area contributed by atoms with Crippen molar-refractivity contribution < 1.29 is 9.47 Å². The van der Waals surface area contributed by atoms with Crippen LogP contribution in [0.4, 0.5) is 0 Å². The van der Waals surface area contributed by atoms with Crippen LogP contribution in [0.15, 0.2) is 29.3 Å².